The number of aryl methyl sites for hydroxylation is 1. The fraction of sp³-hybridized carbons (Fsp3) is 0.588. The summed E-state index contributed by atoms with van der Waals surface area (Å²) in [6.45, 7) is 1.95. The van der Waals surface area contributed by atoms with Crippen LogP contribution in [0.2, 0.25) is 0 Å². The molecular formula is C17H24N2O4. The van der Waals surface area contributed by atoms with Crippen LogP contribution >= 0.6 is 0 Å². The molecule has 126 valence electrons. The topological polar surface area (TPSA) is 82.0 Å². The molecule has 6 nitrogen and oxygen atoms in total. The summed E-state index contributed by atoms with van der Waals surface area (Å²) in [6, 6.07) is 7.76. The Morgan fingerprint density at radius 2 is 2.13 bits per heavy atom. The number of benzene rings is 1. The first-order valence-electron chi connectivity index (χ1n) is 8.21. The quantitative estimate of drug-likeness (QED) is 0.731. The third kappa shape index (κ3) is 3.83. The molecule has 1 aromatic carbocycles. The van der Waals surface area contributed by atoms with E-state index in [1.165, 1.54) is 11.3 Å². The van der Waals surface area contributed by atoms with E-state index in [-0.39, 0.29) is 19.1 Å². The van der Waals surface area contributed by atoms with Crippen molar-refractivity contribution in [2.75, 3.05) is 31.2 Å². The third-order valence-electron chi connectivity index (χ3n) is 4.55. The van der Waals surface area contributed by atoms with Crippen molar-refractivity contribution in [2.24, 2.45) is 0 Å². The van der Waals surface area contributed by atoms with Crippen molar-refractivity contribution in [3.8, 4) is 0 Å². The molecule has 0 bridgehead atoms. The number of aliphatic hydroxyl groups is 2. The molecule has 1 fully saturated rings. The van der Waals surface area contributed by atoms with Gasteiger partial charge in [0.15, 0.2) is 0 Å². The van der Waals surface area contributed by atoms with Gasteiger partial charge in [-0.05, 0) is 24.5 Å². The summed E-state index contributed by atoms with van der Waals surface area (Å²) < 4.78 is 5.17. The number of hydrogen-bond donors (Lipinski definition) is 3. The second-order valence-electron chi connectivity index (χ2n) is 6.24. The van der Waals surface area contributed by atoms with Gasteiger partial charge in [-0.15, -0.1) is 0 Å². The molecule has 3 N–H and O–H groups in total. The molecule has 2 aliphatic rings. The Balaban J connectivity index is 1.52. The van der Waals surface area contributed by atoms with Crippen LogP contribution in [-0.4, -0.2) is 60.7 Å². The predicted molar refractivity (Wildman–Crippen MR) is 86.4 cm³/mol. The van der Waals surface area contributed by atoms with Gasteiger partial charge in [-0.2, -0.15) is 0 Å². The van der Waals surface area contributed by atoms with Gasteiger partial charge in [0, 0.05) is 25.2 Å². The number of hydrogen-bond acceptors (Lipinski definition) is 5. The summed E-state index contributed by atoms with van der Waals surface area (Å²) in [7, 11) is 0. The number of carbonyl (C=O) groups excluding carboxylic acids is 1. The number of carbonyl (C=O) groups is 1. The van der Waals surface area contributed by atoms with E-state index in [1.807, 2.05) is 12.1 Å². The van der Waals surface area contributed by atoms with Crippen LogP contribution < -0.4 is 10.2 Å². The Labute approximate surface area is 136 Å². The lowest BCUT2D eigenvalue weighted by molar-refractivity contribution is -0.131. The first-order valence-corrected chi connectivity index (χ1v) is 8.21. The molecule has 23 heavy (non-hydrogen) atoms. The standard InChI is InChI=1S/C17H24N2O4/c20-15-11-23-10-13(17(15)22)18-16(21)7-9-19-8-3-5-12-4-1-2-6-14(12)19/h1-2,4,6,13,15,17,20,22H,3,5,7-11H2,(H,18,21)/t13-,15-,17+/m1/s1. The van der Waals surface area contributed by atoms with Crippen LogP contribution in [0.15, 0.2) is 24.3 Å². The molecule has 3 rings (SSSR count). The first kappa shape index (κ1) is 16.2. The second-order valence-corrected chi connectivity index (χ2v) is 6.24. The van der Waals surface area contributed by atoms with Crippen molar-refractivity contribution >= 4 is 11.6 Å². The summed E-state index contributed by atoms with van der Waals surface area (Å²) in [6.07, 6.45) is 0.627. The van der Waals surface area contributed by atoms with Crippen LogP contribution in [0.3, 0.4) is 0 Å². The van der Waals surface area contributed by atoms with Gasteiger partial charge >= 0.3 is 0 Å². The van der Waals surface area contributed by atoms with E-state index in [1.54, 1.807) is 0 Å². The Morgan fingerprint density at radius 3 is 3.00 bits per heavy atom. The van der Waals surface area contributed by atoms with E-state index in [2.05, 4.69) is 22.3 Å². The molecule has 0 radical (unpaired) electrons. The minimum atomic E-state index is -0.969. The molecule has 0 saturated carbocycles. The van der Waals surface area contributed by atoms with E-state index < -0.39 is 18.2 Å². The average molecular weight is 320 g/mol. The van der Waals surface area contributed by atoms with Crippen molar-refractivity contribution in [3.63, 3.8) is 0 Å². The second kappa shape index (κ2) is 7.29. The van der Waals surface area contributed by atoms with Crippen molar-refractivity contribution in [1.82, 2.24) is 5.32 Å². The van der Waals surface area contributed by atoms with Crippen LogP contribution in [0.25, 0.3) is 0 Å². The third-order valence-corrected chi connectivity index (χ3v) is 4.55. The van der Waals surface area contributed by atoms with Crippen LogP contribution in [0.4, 0.5) is 5.69 Å². The van der Waals surface area contributed by atoms with E-state index in [9.17, 15) is 15.0 Å². The van der Waals surface area contributed by atoms with Gasteiger partial charge in [0.05, 0.1) is 19.3 Å². The largest absolute Gasteiger partial charge is 0.388 e. The van der Waals surface area contributed by atoms with Gasteiger partial charge in [-0.1, -0.05) is 18.2 Å². The number of ether oxygens (including phenoxy) is 1. The monoisotopic (exact) mass is 320 g/mol. The number of rotatable bonds is 4. The highest BCUT2D eigenvalue weighted by atomic mass is 16.5. The molecule has 0 aromatic heterocycles. The van der Waals surface area contributed by atoms with Crippen LogP contribution in [-0.2, 0) is 16.0 Å². The Bertz CT molecular complexity index is 551. The van der Waals surface area contributed by atoms with Gasteiger partial charge in [-0.3, -0.25) is 4.79 Å². The number of nitrogens with zero attached hydrogens (tertiary/aromatic N) is 1. The number of para-hydroxylation sites is 1. The maximum absolute atomic E-state index is 12.1. The predicted octanol–water partition coefficient (Wildman–Crippen LogP) is 0.0661. The summed E-state index contributed by atoms with van der Waals surface area (Å²) in [5.41, 5.74) is 2.54. The molecule has 3 atom stereocenters. The number of anilines is 1. The molecule has 0 unspecified atom stereocenters. The number of nitrogens with one attached hydrogen (secondary N) is 1. The van der Waals surface area contributed by atoms with Gasteiger partial charge in [0.25, 0.3) is 0 Å². The first-order chi connectivity index (χ1) is 11.1. The van der Waals surface area contributed by atoms with Crippen LogP contribution in [0, 0.1) is 0 Å². The molecular weight excluding hydrogens is 296 g/mol. The highest BCUT2D eigenvalue weighted by Gasteiger charge is 2.32. The number of aliphatic hydroxyl groups excluding tert-OH is 2. The molecule has 2 aliphatic heterocycles. The lowest BCUT2D eigenvalue weighted by Gasteiger charge is -2.33. The highest BCUT2D eigenvalue weighted by molar-refractivity contribution is 5.77. The van der Waals surface area contributed by atoms with Gasteiger partial charge in [0.2, 0.25) is 5.91 Å². The SMILES string of the molecule is O=C(CCN1CCCc2ccccc21)N[C@@H]1COC[C@@H](O)[C@H]1O. The fourth-order valence-corrected chi connectivity index (χ4v) is 3.27. The zero-order chi connectivity index (χ0) is 16.2. The van der Waals surface area contributed by atoms with Crippen molar-refractivity contribution in [3.05, 3.63) is 29.8 Å². The van der Waals surface area contributed by atoms with Gasteiger partial charge in [0.1, 0.15) is 12.2 Å². The lowest BCUT2D eigenvalue weighted by Crippen LogP contribution is -2.56. The summed E-state index contributed by atoms with van der Waals surface area (Å²) >= 11 is 0. The highest BCUT2D eigenvalue weighted by Crippen LogP contribution is 2.26. The maximum Gasteiger partial charge on any atom is 0.222 e. The Kier molecular flexibility index (Phi) is 5.15. The summed E-state index contributed by atoms with van der Waals surface area (Å²) in [4.78, 5) is 14.4. The number of fused-ring (bicyclic) bond motifs is 1. The van der Waals surface area contributed by atoms with Gasteiger partial charge in [-0.25, -0.2) is 0 Å². The smallest absolute Gasteiger partial charge is 0.222 e. The lowest BCUT2D eigenvalue weighted by atomic mass is 10.0. The van der Waals surface area contributed by atoms with E-state index in [0.717, 1.165) is 19.4 Å². The fourth-order valence-electron chi connectivity index (χ4n) is 3.27. The normalized spacial score (nSPS) is 27.4. The Morgan fingerprint density at radius 1 is 1.30 bits per heavy atom. The van der Waals surface area contributed by atoms with Crippen LogP contribution in [0.5, 0.6) is 0 Å². The molecule has 2 heterocycles. The zero-order valence-electron chi connectivity index (χ0n) is 13.1. The molecule has 1 aromatic rings. The molecule has 0 spiro atoms. The van der Waals surface area contributed by atoms with E-state index >= 15 is 0 Å². The maximum atomic E-state index is 12.1. The Hall–Kier alpha value is -1.63. The summed E-state index contributed by atoms with van der Waals surface area (Å²) in [5.74, 6) is -0.130. The molecule has 1 saturated heterocycles. The minimum absolute atomic E-state index is 0.109. The van der Waals surface area contributed by atoms with Gasteiger partial charge < -0.3 is 25.2 Å². The molecule has 0 aliphatic carbocycles. The van der Waals surface area contributed by atoms with Crippen molar-refractivity contribution in [2.45, 2.75) is 37.5 Å². The van der Waals surface area contributed by atoms with Crippen molar-refractivity contribution < 1.29 is 19.7 Å². The molecule has 1 amide bonds. The molecule has 6 heteroatoms. The van der Waals surface area contributed by atoms with E-state index in [4.69, 9.17) is 4.74 Å². The van der Waals surface area contributed by atoms with Crippen LogP contribution in [0.1, 0.15) is 18.4 Å². The number of amides is 1. The minimum Gasteiger partial charge on any atom is -0.388 e. The summed E-state index contributed by atoms with van der Waals surface area (Å²) in [5, 5.41) is 22.2. The van der Waals surface area contributed by atoms with E-state index in [0.29, 0.717) is 13.0 Å². The average Bonchev–Trinajstić information content (AvgIpc) is 2.57. The zero-order valence-corrected chi connectivity index (χ0v) is 13.1. The van der Waals surface area contributed by atoms with Crippen molar-refractivity contribution in [1.29, 1.82) is 0 Å².